The number of pyridine rings is 1. The maximum absolute atomic E-state index is 13.2. The highest BCUT2D eigenvalue weighted by molar-refractivity contribution is 6.30. The minimum atomic E-state index is -0.559. The van der Waals surface area contributed by atoms with Crippen molar-refractivity contribution >= 4 is 11.6 Å². The molecule has 0 saturated carbocycles. The molecule has 5 heteroatoms. The molecule has 90 valence electrons. The van der Waals surface area contributed by atoms with Gasteiger partial charge in [0.15, 0.2) is 5.82 Å². The van der Waals surface area contributed by atoms with E-state index in [0.717, 1.165) is 0 Å². The summed E-state index contributed by atoms with van der Waals surface area (Å²) in [4.78, 5) is 3.73. The van der Waals surface area contributed by atoms with Crippen molar-refractivity contribution in [2.75, 3.05) is 19.8 Å². The molecule has 0 saturated heterocycles. The van der Waals surface area contributed by atoms with Crippen molar-refractivity contribution in [1.82, 2.24) is 4.98 Å². The van der Waals surface area contributed by atoms with Crippen LogP contribution in [0.1, 0.15) is 13.8 Å². The molecule has 0 amide bonds. The summed E-state index contributed by atoms with van der Waals surface area (Å²) in [5.74, 6) is -0.126. The van der Waals surface area contributed by atoms with Gasteiger partial charge in [-0.05, 0) is 12.0 Å². The van der Waals surface area contributed by atoms with Gasteiger partial charge in [0.05, 0.1) is 11.6 Å². The molecule has 1 heterocycles. The van der Waals surface area contributed by atoms with E-state index in [2.05, 4.69) is 18.8 Å². The van der Waals surface area contributed by atoms with Crippen molar-refractivity contribution in [2.24, 2.45) is 5.92 Å². The molecule has 0 aromatic carbocycles. The lowest BCUT2D eigenvalue weighted by molar-refractivity contribution is 0.0793. The third-order valence-corrected chi connectivity index (χ3v) is 1.90. The van der Waals surface area contributed by atoms with Crippen LogP contribution in [0.3, 0.4) is 0 Å². The van der Waals surface area contributed by atoms with E-state index in [9.17, 15) is 4.39 Å². The molecule has 0 N–H and O–H groups in total. The second-order valence-corrected chi connectivity index (χ2v) is 4.19. The Morgan fingerprint density at radius 3 is 2.81 bits per heavy atom. The van der Waals surface area contributed by atoms with Crippen LogP contribution < -0.4 is 4.74 Å². The van der Waals surface area contributed by atoms with Gasteiger partial charge < -0.3 is 9.47 Å². The second-order valence-electron chi connectivity index (χ2n) is 3.76. The smallest absolute Gasteiger partial charge is 0.250 e. The average Bonchev–Trinajstić information content (AvgIpc) is 2.20. The highest BCUT2D eigenvalue weighted by atomic mass is 35.5. The van der Waals surface area contributed by atoms with Crippen molar-refractivity contribution in [1.29, 1.82) is 0 Å². The Kier molecular flexibility index (Phi) is 5.49. The van der Waals surface area contributed by atoms with Crippen LogP contribution >= 0.6 is 11.6 Å². The molecule has 0 unspecified atom stereocenters. The van der Waals surface area contributed by atoms with Crippen LogP contribution in [0.5, 0.6) is 5.88 Å². The number of ether oxygens (including phenoxy) is 2. The Bertz CT molecular complexity index is 334. The second kappa shape index (κ2) is 6.66. The zero-order chi connectivity index (χ0) is 12.0. The first-order valence-electron chi connectivity index (χ1n) is 5.11. The number of nitrogens with zero attached hydrogens (tertiary/aromatic N) is 1. The van der Waals surface area contributed by atoms with Gasteiger partial charge in [-0.25, -0.2) is 9.37 Å². The molecule has 0 bridgehead atoms. The van der Waals surface area contributed by atoms with E-state index >= 15 is 0 Å². The predicted molar refractivity (Wildman–Crippen MR) is 60.4 cm³/mol. The van der Waals surface area contributed by atoms with Gasteiger partial charge in [-0.1, -0.05) is 25.4 Å². The summed E-state index contributed by atoms with van der Waals surface area (Å²) < 4.78 is 23.6. The standard InChI is InChI=1S/C11H15ClFNO2/c1-8(2)7-15-3-4-16-11-10(13)5-9(12)6-14-11/h5-6,8H,3-4,7H2,1-2H3. The van der Waals surface area contributed by atoms with Crippen molar-refractivity contribution in [3.05, 3.63) is 23.1 Å². The lowest BCUT2D eigenvalue weighted by Crippen LogP contribution is -2.11. The topological polar surface area (TPSA) is 31.4 Å². The Hall–Kier alpha value is -0.870. The van der Waals surface area contributed by atoms with E-state index in [0.29, 0.717) is 19.1 Å². The number of hydrogen-bond donors (Lipinski definition) is 0. The lowest BCUT2D eigenvalue weighted by Gasteiger charge is -2.08. The third kappa shape index (κ3) is 4.77. The van der Waals surface area contributed by atoms with Gasteiger partial charge in [-0.2, -0.15) is 0 Å². The van der Waals surface area contributed by atoms with E-state index in [1.54, 1.807) is 0 Å². The van der Waals surface area contributed by atoms with Gasteiger partial charge >= 0.3 is 0 Å². The van der Waals surface area contributed by atoms with E-state index in [4.69, 9.17) is 21.1 Å². The number of rotatable bonds is 6. The number of halogens is 2. The molecule has 0 fully saturated rings. The summed E-state index contributed by atoms with van der Waals surface area (Å²) in [6.07, 6.45) is 1.34. The highest BCUT2D eigenvalue weighted by Gasteiger charge is 2.05. The zero-order valence-electron chi connectivity index (χ0n) is 9.37. The molecule has 3 nitrogen and oxygen atoms in total. The van der Waals surface area contributed by atoms with Crippen LogP contribution in [0.2, 0.25) is 5.02 Å². The van der Waals surface area contributed by atoms with Gasteiger partial charge in [-0.3, -0.25) is 0 Å². The van der Waals surface area contributed by atoms with Crippen LogP contribution in [0.25, 0.3) is 0 Å². The van der Waals surface area contributed by atoms with Crippen LogP contribution in [-0.2, 0) is 4.74 Å². The Balaban J connectivity index is 2.27. The molecular formula is C11H15ClFNO2. The first-order valence-corrected chi connectivity index (χ1v) is 5.49. The molecule has 1 rings (SSSR count). The van der Waals surface area contributed by atoms with Crippen molar-refractivity contribution in [3.8, 4) is 5.88 Å². The number of aromatic nitrogens is 1. The molecular weight excluding hydrogens is 233 g/mol. The van der Waals surface area contributed by atoms with Gasteiger partial charge in [0.25, 0.3) is 5.88 Å². The Labute approximate surface area is 99.5 Å². The van der Waals surface area contributed by atoms with E-state index in [1.807, 2.05) is 0 Å². The first-order chi connectivity index (χ1) is 7.59. The summed E-state index contributed by atoms with van der Waals surface area (Å²) >= 11 is 5.55. The quantitative estimate of drug-likeness (QED) is 0.725. The van der Waals surface area contributed by atoms with Crippen molar-refractivity contribution in [2.45, 2.75) is 13.8 Å². The molecule has 0 spiro atoms. The fourth-order valence-electron chi connectivity index (χ4n) is 1.02. The fourth-order valence-corrected chi connectivity index (χ4v) is 1.17. The molecule has 16 heavy (non-hydrogen) atoms. The molecule has 0 atom stereocenters. The van der Waals surface area contributed by atoms with Gasteiger partial charge in [-0.15, -0.1) is 0 Å². The Morgan fingerprint density at radius 1 is 1.44 bits per heavy atom. The van der Waals surface area contributed by atoms with Crippen LogP contribution in [-0.4, -0.2) is 24.8 Å². The Morgan fingerprint density at radius 2 is 2.19 bits per heavy atom. The van der Waals surface area contributed by atoms with Crippen LogP contribution in [0, 0.1) is 11.7 Å². The first kappa shape index (κ1) is 13.2. The van der Waals surface area contributed by atoms with Crippen LogP contribution in [0.4, 0.5) is 4.39 Å². The van der Waals surface area contributed by atoms with E-state index in [-0.39, 0.29) is 17.5 Å². The third-order valence-electron chi connectivity index (χ3n) is 1.69. The van der Waals surface area contributed by atoms with Gasteiger partial charge in [0.1, 0.15) is 6.61 Å². The normalized spacial score (nSPS) is 10.8. The summed E-state index contributed by atoms with van der Waals surface area (Å²) in [5.41, 5.74) is 0. The summed E-state index contributed by atoms with van der Waals surface area (Å²) in [6, 6.07) is 1.17. The van der Waals surface area contributed by atoms with Crippen molar-refractivity contribution < 1.29 is 13.9 Å². The predicted octanol–water partition coefficient (Wildman–Crippen LogP) is 2.93. The zero-order valence-corrected chi connectivity index (χ0v) is 10.1. The minimum Gasteiger partial charge on any atom is -0.473 e. The summed E-state index contributed by atoms with van der Waals surface area (Å²) in [5, 5.41) is 0.251. The largest absolute Gasteiger partial charge is 0.473 e. The van der Waals surface area contributed by atoms with E-state index in [1.165, 1.54) is 12.3 Å². The molecule has 0 aliphatic rings. The maximum atomic E-state index is 13.2. The fraction of sp³-hybridized carbons (Fsp3) is 0.545. The van der Waals surface area contributed by atoms with Crippen LogP contribution in [0.15, 0.2) is 12.3 Å². The molecule has 0 aliphatic heterocycles. The van der Waals surface area contributed by atoms with Gasteiger partial charge in [0, 0.05) is 12.8 Å². The van der Waals surface area contributed by atoms with Crippen molar-refractivity contribution in [3.63, 3.8) is 0 Å². The summed E-state index contributed by atoms with van der Waals surface area (Å²) in [6.45, 7) is 5.47. The summed E-state index contributed by atoms with van der Waals surface area (Å²) in [7, 11) is 0. The maximum Gasteiger partial charge on any atom is 0.250 e. The highest BCUT2D eigenvalue weighted by Crippen LogP contribution is 2.17. The molecule has 0 aliphatic carbocycles. The SMILES string of the molecule is CC(C)COCCOc1ncc(Cl)cc1F. The molecule has 0 radical (unpaired) electrons. The minimum absolute atomic E-state index is 0.0439. The lowest BCUT2D eigenvalue weighted by atomic mass is 10.2. The molecule has 1 aromatic rings. The van der Waals surface area contributed by atoms with E-state index < -0.39 is 5.82 Å². The average molecular weight is 248 g/mol. The molecule has 1 aromatic heterocycles. The van der Waals surface area contributed by atoms with Gasteiger partial charge in [0.2, 0.25) is 0 Å². The number of hydrogen-bond acceptors (Lipinski definition) is 3. The monoisotopic (exact) mass is 247 g/mol.